The van der Waals surface area contributed by atoms with Gasteiger partial charge in [0.1, 0.15) is 0 Å². The third-order valence-electron chi connectivity index (χ3n) is 5.34. The minimum absolute atomic E-state index is 0.00974. The van der Waals surface area contributed by atoms with Crippen LogP contribution in [-0.4, -0.2) is 36.8 Å². The summed E-state index contributed by atoms with van der Waals surface area (Å²) in [5, 5.41) is 10.8. The number of rotatable bonds is 7. The van der Waals surface area contributed by atoms with Crippen molar-refractivity contribution in [3.05, 3.63) is 70.3 Å². The molecule has 150 valence electrons. The summed E-state index contributed by atoms with van der Waals surface area (Å²) >= 11 is 0. The van der Waals surface area contributed by atoms with Crippen molar-refractivity contribution in [2.45, 2.75) is 36.6 Å². The van der Waals surface area contributed by atoms with Crippen LogP contribution < -0.4 is 5.73 Å². The lowest BCUT2D eigenvalue weighted by molar-refractivity contribution is -0.384. The number of sulfonamides is 1. The Morgan fingerprint density at radius 3 is 2.39 bits per heavy atom. The number of nitrogens with two attached hydrogens (primary N) is 1. The van der Waals surface area contributed by atoms with Crippen LogP contribution in [0.2, 0.25) is 0 Å². The van der Waals surface area contributed by atoms with E-state index in [9.17, 15) is 18.5 Å². The van der Waals surface area contributed by atoms with Crippen LogP contribution in [0.5, 0.6) is 0 Å². The van der Waals surface area contributed by atoms with Crippen LogP contribution in [0.4, 0.5) is 5.69 Å². The molecule has 2 aromatic carbocycles. The number of nitro groups is 1. The first-order valence-electron chi connectivity index (χ1n) is 9.44. The van der Waals surface area contributed by atoms with Gasteiger partial charge >= 0.3 is 0 Å². The van der Waals surface area contributed by atoms with Crippen LogP contribution in [0.1, 0.15) is 24.8 Å². The molecule has 2 aromatic rings. The monoisotopic (exact) mass is 403 g/mol. The molecule has 0 saturated carbocycles. The van der Waals surface area contributed by atoms with Gasteiger partial charge in [0, 0.05) is 24.7 Å². The molecule has 1 aliphatic heterocycles. The predicted octanol–water partition coefficient (Wildman–Crippen LogP) is 2.96. The molecule has 2 unspecified atom stereocenters. The summed E-state index contributed by atoms with van der Waals surface area (Å²) in [6.45, 7) is 0.834. The molecule has 3 rings (SSSR count). The molecule has 0 aliphatic carbocycles. The van der Waals surface area contributed by atoms with Crippen molar-refractivity contribution >= 4 is 15.7 Å². The Hall–Kier alpha value is -2.29. The lowest BCUT2D eigenvalue weighted by Crippen LogP contribution is -2.49. The van der Waals surface area contributed by atoms with E-state index < -0.39 is 14.9 Å². The van der Waals surface area contributed by atoms with Gasteiger partial charge in [-0.3, -0.25) is 10.1 Å². The van der Waals surface area contributed by atoms with Gasteiger partial charge in [0.15, 0.2) is 0 Å². The van der Waals surface area contributed by atoms with Gasteiger partial charge in [0.2, 0.25) is 10.0 Å². The number of non-ortho nitro benzene ring substituents is 1. The zero-order valence-corrected chi connectivity index (χ0v) is 16.4. The zero-order chi connectivity index (χ0) is 20.1. The van der Waals surface area contributed by atoms with Crippen molar-refractivity contribution in [2.24, 2.45) is 11.7 Å². The van der Waals surface area contributed by atoms with E-state index >= 15 is 0 Å². The van der Waals surface area contributed by atoms with E-state index in [1.165, 1.54) is 24.3 Å². The van der Waals surface area contributed by atoms with Crippen LogP contribution in [-0.2, 0) is 16.4 Å². The average Bonchev–Trinajstić information content (AvgIpc) is 2.73. The van der Waals surface area contributed by atoms with E-state index in [2.05, 4.69) is 0 Å². The van der Waals surface area contributed by atoms with E-state index in [0.29, 0.717) is 19.5 Å². The van der Waals surface area contributed by atoms with Crippen molar-refractivity contribution in [3.63, 3.8) is 0 Å². The Balaban J connectivity index is 1.87. The molecular formula is C20H25N3O4S. The fourth-order valence-corrected chi connectivity index (χ4v) is 5.62. The molecule has 2 atom stereocenters. The number of piperidine rings is 1. The van der Waals surface area contributed by atoms with Gasteiger partial charge in [-0.05, 0) is 49.4 Å². The number of nitrogens with zero attached hydrogens (tertiary/aromatic N) is 2. The van der Waals surface area contributed by atoms with Crippen LogP contribution in [0, 0.1) is 16.0 Å². The molecule has 0 amide bonds. The molecule has 1 heterocycles. The number of hydrogen-bond acceptors (Lipinski definition) is 5. The highest BCUT2D eigenvalue weighted by Crippen LogP contribution is 2.31. The number of hydrogen-bond donors (Lipinski definition) is 1. The summed E-state index contributed by atoms with van der Waals surface area (Å²) in [4.78, 5) is 10.4. The lowest BCUT2D eigenvalue weighted by Gasteiger charge is -2.39. The Bertz CT molecular complexity index is 901. The summed E-state index contributed by atoms with van der Waals surface area (Å²) in [6, 6.07) is 14.9. The van der Waals surface area contributed by atoms with Gasteiger partial charge in [0.05, 0.1) is 9.82 Å². The largest absolute Gasteiger partial charge is 0.330 e. The summed E-state index contributed by atoms with van der Waals surface area (Å²) < 4.78 is 28.1. The first kappa shape index (κ1) is 20.4. The topological polar surface area (TPSA) is 107 Å². The smallest absolute Gasteiger partial charge is 0.269 e. The van der Waals surface area contributed by atoms with Crippen molar-refractivity contribution in [3.8, 4) is 0 Å². The maximum atomic E-state index is 13.3. The third-order valence-corrected chi connectivity index (χ3v) is 7.28. The van der Waals surface area contributed by atoms with Gasteiger partial charge in [-0.25, -0.2) is 8.42 Å². The van der Waals surface area contributed by atoms with Crippen molar-refractivity contribution in [1.29, 1.82) is 0 Å². The summed E-state index contributed by atoms with van der Waals surface area (Å²) in [5.41, 5.74) is 7.06. The second-order valence-corrected chi connectivity index (χ2v) is 9.01. The maximum Gasteiger partial charge on any atom is 0.269 e. The molecule has 8 heteroatoms. The molecular weight excluding hydrogens is 378 g/mol. The van der Waals surface area contributed by atoms with Gasteiger partial charge in [-0.1, -0.05) is 36.8 Å². The first-order chi connectivity index (χ1) is 13.4. The molecule has 7 nitrogen and oxygen atoms in total. The molecule has 28 heavy (non-hydrogen) atoms. The quantitative estimate of drug-likeness (QED) is 0.565. The number of benzene rings is 2. The van der Waals surface area contributed by atoms with Crippen LogP contribution in [0.15, 0.2) is 59.5 Å². The van der Waals surface area contributed by atoms with E-state index in [4.69, 9.17) is 5.73 Å². The van der Waals surface area contributed by atoms with E-state index in [-0.39, 0.29) is 22.5 Å². The Morgan fingerprint density at radius 2 is 1.79 bits per heavy atom. The van der Waals surface area contributed by atoms with Crippen LogP contribution in [0.3, 0.4) is 0 Å². The van der Waals surface area contributed by atoms with Crippen LogP contribution in [0.25, 0.3) is 0 Å². The minimum atomic E-state index is -3.75. The summed E-state index contributed by atoms with van der Waals surface area (Å²) in [6.07, 6.45) is 3.24. The fraction of sp³-hybridized carbons (Fsp3) is 0.400. The fourth-order valence-electron chi connectivity index (χ4n) is 3.87. The standard InChI is InChI=1S/C20H25N3O4S/c21-15-17(14-16-6-2-1-3-7-16)20-8-4-5-13-22(20)28(26,27)19-11-9-18(10-12-19)23(24)25/h1-3,6-7,9-12,17,20H,4-5,8,13-15,21H2. The maximum absolute atomic E-state index is 13.3. The lowest BCUT2D eigenvalue weighted by atomic mass is 9.87. The van der Waals surface area contributed by atoms with Gasteiger partial charge < -0.3 is 5.73 Å². The second kappa shape index (κ2) is 8.81. The third kappa shape index (κ3) is 4.40. The molecule has 2 N–H and O–H groups in total. The summed E-state index contributed by atoms with van der Waals surface area (Å²) in [5.74, 6) is 0.00974. The molecule has 1 fully saturated rings. The molecule has 0 radical (unpaired) electrons. The van der Waals surface area contributed by atoms with Crippen LogP contribution >= 0.6 is 0 Å². The van der Waals surface area contributed by atoms with Crippen molar-refractivity contribution < 1.29 is 13.3 Å². The van der Waals surface area contributed by atoms with Gasteiger partial charge in [0.25, 0.3) is 5.69 Å². The Kier molecular flexibility index (Phi) is 6.43. The second-order valence-electron chi connectivity index (χ2n) is 7.12. The molecule has 1 aliphatic rings. The predicted molar refractivity (Wildman–Crippen MR) is 107 cm³/mol. The number of nitro benzene ring substituents is 1. The zero-order valence-electron chi connectivity index (χ0n) is 15.6. The Labute approximate surface area is 165 Å². The Morgan fingerprint density at radius 1 is 1.11 bits per heavy atom. The minimum Gasteiger partial charge on any atom is -0.330 e. The van der Waals surface area contributed by atoms with Crippen molar-refractivity contribution in [2.75, 3.05) is 13.1 Å². The van der Waals surface area contributed by atoms with E-state index in [1.807, 2.05) is 30.3 Å². The average molecular weight is 404 g/mol. The summed E-state index contributed by atoms with van der Waals surface area (Å²) in [7, 11) is -3.75. The molecule has 0 bridgehead atoms. The highest BCUT2D eigenvalue weighted by atomic mass is 32.2. The highest BCUT2D eigenvalue weighted by Gasteiger charge is 2.37. The molecule has 1 saturated heterocycles. The van der Waals surface area contributed by atoms with E-state index in [1.54, 1.807) is 4.31 Å². The SMILES string of the molecule is NCC(Cc1ccccc1)C1CCCCN1S(=O)(=O)c1ccc([N+](=O)[O-])cc1. The normalized spacial score (nSPS) is 19.2. The highest BCUT2D eigenvalue weighted by molar-refractivity contribution is 7.89. The molecule has 0 aromatic heterocycles. The van der Waals surface area contributed by atoms with Gasteiger partial charge in [-0.15, -0.1) is 0 Å². The van der Waals surface area contributed by atoms with E-state index in [0.717, 1.165) is 24.8 Å². The van der Waals surface area contributed by atoms with Gasteiger partial charge in [-0.2, -0.15) is 4.31 Å². The first-order valence-corrected chi connectivity index (χ1v) is 10.9. The van der Waals surface area contributed by atoms with Crippen molar-refractivity contribution in [1.82, 2.24) is 4.31 Å². The molecule has 0 spiro atoms.